The van der Waals surface area contributed by atoms with Crippen LogP contribution < -0.4 is 4.90 Å². The smallest absolute Gasteiger partial charge is 0.0619 e. The molecule has 2 aromatic heterocycles. The number of aromatic nitrogens is 1. The first-order chi connectivity index (χ1) is 28.2. The van der Waals surface area contributed by atoms with Crippen LogP contribution in [0.4, 0.5) is 17.1 Å². The Kier molecular flexibility index (Phi) is 7.13. The predicted molar refractivity (Wildman–Crippen MR) is 246 cm³/mol. The molecule has 266 valence electrons. The van der Waals surface area contributed by atoms with Crippen LogP contribution in [0.5, 0.6) is 0 Å². The second kappa shape index (κ2) is 12.7. The van der Waals surface area contributed by atoms with Gasteiger partial charge in [0, 0.05) is 53.4 Å². The quantitative estimate of drug-likeness (QED) is 0.170. The molecule has 3 heteroatoms. The Hall–Kier alpha value is -7.20. The number of hydrogen-bond acceptors (Lipinski definition) is 2. The minimum atomic E-state index is 1.11. The summed E-state index contributed by atoms with van der Waals surface area (Å²) in [5.74, 6) is 0. The standard InChI is InChI=1S/C54H34N2S/c1-2-16-42(17-3-1)56-49-30-28-44(34-47(49)46-29-25-37-12-8-9-18-45(37)54(46)56)55(43-26-23-36(24-27-43)41-22-21-35-11-4-5-13-38(35)31-41)50-19-10-20-51-53(50)48-32-39-14-6-7-15-40(39)33-52(48)57-51/h1-34H. The minimum Gasteiger partial charge on any atom is -0.310 e. The van der Waals surface area contributed by atoms with Crippen molar-refractivity contribution in [3.8, 4) is 16.8 Å². The van der Waals surface area contributed by atoms with Crippen molar-refractivity contribution in [1.29, 1.82) is 0 Å². The van der Waals surface area contributed by atoms with Gasteiger partial charge in [-0.2, -0.15) is 0 Å². The van der Waals surface area contributed by atoms with E-state index in [-0.39, 0.29) is 0 Å². The topological polar surface area (TPSA) is 8.17 Å². The van der Waals surface area contributed by atoms with Gasteiger partial charge >= 0.3 is 0 Å². The Labute approximate surface area is 333 Å². The van der Waals surface area contributed by atoms with Gasteiger partial charge in [0.2, 0.25) is 0 Å². The summed E-state index contributed by atoms with van der Waals surface area (Å²) < 4.78 is 5.03. The number of para-hydroxylation sites is 1. The average Bonchev–Trinajstić information content (AvgIpc) is 3.81. The number of rotatable bonds is 5. The first kappa shape index (κ1) is 32.1. The minimum absolute atomic E-state index is 1.11. The van der Waals surface area contributed by atoms with Crippen LogP contribution in [0.15, 0.2) is 206 Å². The monoisotopic (exact) mass is 742 g/mol. The molecule has 0 unspecified atom stereocenters. The number of benzene rings is 10. The fourth-order valence-corrected chi connectivity index (χ4v) is 10.2. The molecule has 0 amide bonds. The van der Waals surface area contributed by atoms with Gasteiger partial charge in [0.1, 0.15) is 0 Å². The highest BCUT2D eigenvalue weighted by molar-refractivity contribution is 7.26. The highest BCUT2D eigenvalue weighted by atomic mass is 32.1. The molecular formula is C54H34N2S. The third kappa shape index (κ3) is 5.10. The molecule has 12 rings (SSSR count). The molecule has 0 saturated carbocycles. The van der Waals surface area contributed by atoms with Crippen molar-refractivity contribution in [2.75, 3.05) is 4.90 Å². The summed E-state index contributed by atoms with van der Waals surface area (Å²) >= 11 is 1.88. The first-order valence-electron chi connectivity index (χ1n) is 19.5. The van der Waals surface area contributed by atoms with Gasteiger partial charge in [-0.05, 0) is 111 Å². The van der Waals surface area contributed by atoms with E-state index in [1.807, 2.05) is 11.3 Å². The Morgan fingerprint density at radius 1 is 0.368 bits per heavy atom. The SMILES string of the molecule is c1ccc(-n2c3ccc(N(c4ccc(-c5ccc6ccccc6c5)cc4)c4cccc5sc6cc7ccccc7cc6c45)cc3c3ccc4ccccc4c32)cc1. The molecule has 0 aliphatic rings. The van der Waals surface area contributed by atoms with Crippen LogP contribution in [0.2, 0.25) is 0 Å². The lowest BCUT2D eigenvalue weighted by Gasteiger charge is -2.27. The van der Waals surface area contributed by atoms with Gasteiger partial charge in [0.15, 0.2) is 0 Å². The van der Waals surface area contributed by atoms with E-state index in [1.165, 1.54) is 91.1 Å². The third-order valence-electron chi connectivity index (χ3n) is 11.7. The van der Waals surface area contributed by atoms with E-state index in [2.05, 4.69) is 216 Å². The van der Waals surface area contributed by atoms with Crippen LogP contribution >= 0.6 is 11.3 Å². The molecule has 0 radical (unpaired) electrons. The number of hydrogen-bond donors (Lipinski definition) is 0. The molecule has 0 bridgehead atoms. The number of nitrogens with zero attached hydrogens (tertiary/aromatic N) is 2. The molecule has 10 aromatic carbocycles. The van der Waals surface area contributed by atoms with E-state index in [0.717, 1.165) is 17.1 Å². The number of thiophene rings is 1. The molecular weight excluding hydrogens is 709 g/mol. The van der Waals surface area contributed by atoms with Crippen LogP contribution in [-0.2, 0) is 0 Å². The van der Waals surface area contributed by atoms with E-state index in [1.54, 1.807) is 0 Å². The van der Waals surface area contributed by atoms with Crippen molar-refractivity contribution in [2.24, 2.45) is 0 Å². The Balaban J connectivity index is 1.11. The summed E-state index contributed by atoms with van der Waals surface area (Å²) in [6, 6.07) is 75.8. The molecule has 0 fully saturated rings. The second-order valence-corrected chi connectivity index (χ2v) is 16.0. The summed E-state index contributed by atoms with van der Waals surface area (Å²) in [6.45, 7) is 0. The average molecular weight is 743 g/mol. The lowest BCUT2D eigenvalue weighted by molar-refractivity contribution is 1.18. The molecule has 2 nitrogen and oxygen atoms in total. The van der Waals surface area contributed by atoms with Gasteiger partial charge in [-0.15, -0.1) is 11.3 Å². The Morgan fingerprint density at radius 3 is 1.86 bits per heavy atom. The molecule has 0 aliphatic carbocycles. The van der Waals surface area contributed by atoms with Crippen molar-refractivity contribution in [1.82, 2.24) is 4.57 Å². The fraction of sp³-hybridized carbons (Fsp3) is 0. The van der Waals surface area contributed by atoms with E-state index in [0.29, 0.717) is 0 Å². The number of fused-ring (bicyclic) bond motifs is 10. The zero-order chi connectivity index (χ0) is 37.5. The van der Waals surface area contributed by atoms with Crippen molar-refractivity contribution < 1.29 is 0 Å². The van der Waals surface area contributed by atoms with Gasteiger partial charge < -0.3 is 9.47 Å². The maximum absolute atomic E-state index is 2.47. The zero-order valence-corrected chi connectivity index (χ0v) is 31.7. The maximum atomic E-state index is 2.47. The van der Waals surface area contributed by atoms with E-state index < -0.39 is 0 Å². The molecule has 12 aromatic rings. The highest BCUT2D eigenvalue weighted by Gasteiger charge is 2.22. The number of anilines is 3. The van der Waals surface area contributed by atoms with Crippen LogP contribution in [0.25, 0.3) is 91.1 Å². The first-order valence-corrected chi connectivity index (χ1v) is 20.3. The van der Waals surface area contributed by atoms with E-state index >= 15 is 0 Å². The summed E-state index contributed by atoms with van der Waals surface area (Å²) in [5, 5.41) is 12.6. The fourth-order valence-electron chi connectivity index (χ4n) is 9.03. The third-order valence-corrected chi connectivity index (χ3v) is 12.8. The van der Waals surface area contributed by atoms with E-state index in [9.17, 15) is 0 Å². The lowest BCUT2D eigenvalue weighted by atomic mass is 10.0. The Bertz CT molecular complexity index is 3520. The van der Waals surface area contributed by atoms with Crippen molar-refractivity contribution in [2.45, 2.75) is 0 Å². The summed E-state index contributed by atoms with van der Waals surface area (Å²) in [6.07, 6.45) is 0. The van der Waals surface area contributed by atoms with Gasteiger partial charge in [-0.1, -0.05) is 133 Å². The molecule has 2 heterocycles. The largest absolute Gasteiger partial charge is 0.310 e. The van der Waals surface area contributed by atoms with Gasteiger partial charge in [-0.25, -0.2) is 0 Å². The summed E-state index contributed by atoms with van der Waals surface area (Å²) in [5.41, 5.74) is 9.39. The molecule has 0 spiro atoms. The normalized spacial score (nSPS) is 11.9. The Morgan fingerprint density at radius 2 is 1.04 bits per heavy atom. The van der Waals surface area contributed by atoms with Crippen molar-refractivity contribution in [3.05, 3.63) is 206 Å². The van der Waals surface area contributed by atoms with Gasteiger partial charge in [0.25, 0.3) is 0 Å². The highest BCUT2D eigenvalue weighted by Crippen LogP contribution is 2.47. The van der Waals surface area contributed by atoms with Gasteiger partial charge in [-0.3, -0.25) is 0 Å². The second-order valence-electron chi connectivity index (χ2n) is 14.9. The van der Waals surface area contributed by atoms with Crippen LogP contribution in [0, 0.1) is 0 Å². The molecule has 57 heavy (non-hydrogen) atoms. The lowest BCUT2D eigenvalue weighted by Crippen LogP contribution is -2.10. The molecule has 0 saturated heterocycles. The molecule has 0 atom stereocenters. The van der Waals surface area contributed by atoms with Crippen LogP contribution in [0.1, 0.15) is 0 Å². The van der Waals surface area contributed by atoms with E-state index in [4.69, 9.17) is 0 Å². The van der Waals surface area contributed by atoms with Crippen molar-refractivity contribution >= 4 is 103 Å². The summed E-state index contributed by atoms with van der Waals surface area (Å²) in [7, 11) is 0. The van der Waals surface area contributed by atoms with Gasteiger partial charge in [0.05, 0.1) is 16.7 Å². The van der Waals surface area contributed by atoms with Crippen LogP contribution in [0.3, 0.4) is 0 Å². The van der Waals surface area contributed by atoms with Crippen molar-refractivity contribution in [3.63, 3.8) is 0 Å². The van der Waals surface area contributed by atoms with Crippen LogP contribution in [-0.4, -0.2) is 4.57 Å². The zero-order valence-electron chi connectivity index (χ0n) is 30.9. The molecule has 0 N–H and O–H groups in total. The maximum Gasteiger partial charge on any atom is 0.0619 e. The predicted octanol–water partition coefficient (Wildman–Crippen LogP) is 15.7. The molecule has 0 aliphatic heterocycles. The summed E-state index contributed by atoms with van der Waals surface area (Å²) in [4.78, 5) is 2.47.